The standard InChI is InChI=1S/C20H21NO2S/c1-16(17-9-5-3-6-10-17)20-13-19(20,2)14-21(15-20)24(22,23)18-11-7-4-8-12-18/h3-12H,1,13-15H2,2H3/t19-,20+/m1/s1. The zero-order chi connectivity index (χ0) is 17.0. The quantitative estimate of drug-likeness (QED) is 0.850. The SMILES string of the molecule is C=C(c1ccccc1)[C@]12CN(S(=O)(=O)c3ccccc3)C[C@@]1(C)C2. The summed E-state index contributed by atoms with van der Waals surface area (Å²) >= 11 is 0. The van der Waals surface area contributed by atoms with Gasteiger partial charge in [-0.25, -0.2) is 8.42 Å². The Morgan fingerprint density at radius 3 is 2.21 bits per heavy atom. The molecule has 0 spiro atoms. The van der Waals surface area contributed by atoms with Gasteiger partial charge >= 0.3 is 0 Å². The summed E-state index contributed by atoms with van der Waals surface area (Å²) in [4.78, 5) is 0.371. The van der Waals surface area contributed by atoms with Crippen molar-refractivity contribution in [1.29, 1.82) is 0 Å². The summed E-state index contributed by atoms with van der Waals surface area (Å²) in [5.41, 5.74) is 2.04. The fraction of sp³-hybridized carbons (Fsp3) is 0.300. The number of hydrogen-bond acceptors (Lipinski definition) is 2. The van der Waals surface area contributed by atoms with Gasteiger partial charge in [-0.15, -0.1) is 0 Å². The average molecular weight is 339 g/mol. The third-order valence-electron chi connectivity index (χ3n) is 5.77. The molecule has 0 amide bonds. The largest absolute Gasteiger partial charge is 0.243 e. The van der Waals surface area contributed by atoms with Gasteiger partial charge < -0.3 is 0 Å². The minimum atomic E-state index is -3.44. The van der Waals surface area contributed by atoms with Crippen molar-refractivity contribution in [2.24, 2.45) is 10.8 Å². The predicted molar refractivity (Wildman–Crippen MR) is 95.8 cm³/mol. The normalized spacial score (nSPS) is 29.2. The third-order valence-corrected chi connectivity index (χ3v) is 7.58. The minimum absolute atomic E-state index is 0.0121. The average Bonchev–Trinajstić information content (AvgIpc) is 3.08. The van der Waals surface area contributed by atoms with E-state index in [0.29, 0.717) is 18.0 Å². The van der Waals surface area contributed by atoms with Crippen molar-refractivity contribution in [1.82, 2.24) is 4.31 Å². The first-order valence-electron chi connectivity index (χ1n) is 8.19. The zero-order valence-corrected chi connectivity index (χ0v) is 14.6. The molecule has 24 heavy (non-hydrogen) atoms. The van der Waals surface area contributed by atoms with Crippen molar-refractivity contribution in [3.8, 4) is 0 Å². The molecule has 0 N–H and O–H groups in total. The Morgan fingerprint density at radius 2 is 1.58 bits per heavy atom. The number of nitrogens with zero attached hydrogens (tertiary/aromatic N) is 1. The molecule has 2 aliphatic rings. The van der Waals surface area contributed by atoms with Gasteiger partial charge in [-0.1, -0.05) is 62.0 Å². The molecular weight excluding hydrogens is 318 g/mol. The number of piperidine rings is 1. The first kappa shape index (κ1) is 15.6. The summed E-state index contributed by atoms with van der Waals surface area (Å²) in [6.07, 6.45) is 1.01. The van der Waals surface area contributed by atoms with Crippen molar-refractivity contribution < 1.29 is 8.42 Å². The number of fused-ring (bicyclic) bond motifs is 1. The summed E-state index contributed by atoms with van der Waals surface area (Å²) in [6, 6.07) is 18.8. The van der Waals surface area contributed by atoms with E-state index in [4.69, 9.17) is 0 Å². The molecule has 0 aromatic heterocycles. The Kier molecular flexibility index (Phi) is 3.28. The van der Waals surface area contributed by atoms with Crippen molar-refractivity contribution >= 4 is 15.6 Å². The Labute approximate surface area is 143 Å². The van der Waals surface area contributed by atoms with E-state index in [0.717, 1.165) is 17.6 Å². The maximum absolute atomic E-state index is 12.9. The molecule has 4 rings (SSSR count). The first-order chi connectivity index (χ1) is 11.4. The Bertz CT molecular complexity index is 892. The molecule has 4 heteroatoms. The fourth-order valence-electron chi connectivity index (χ4n) is 4.22. The van der Waals surface area contributed by atoms with E-state index < -0.39 is 10.0 Å². The van der Waals surface area contributed by atoms with Crippen molar-refractivity contribution in [2.75, 3.05) is 13.1 Å². The summed E-state index contributed by atoms with van der Waals surface area (Å²) in [5.74, 6) is 0. The van der Waals surface area contributed by atoms with Crippen molar-refractivity contribution in [3.05, 3.63) is 72.8 Å². The maximum atomic E-state index is 12.9. The molecule has 124 valence electrons. The van der Waals surface area contributed by atoms with Crippen LogP contribution in [0.5, 0.6) is 0 Å². The molecule has 1 aliphatic heterocycles. The number of benzene rings is 2. The van der Waals surface area contributed by atoms with Gasteiger partial charge in [0.05, 0.1) is 4.90 Å². The lowest BCUT2D eigenvalue weighted by atomic mass is 9.86. The van der Waals surface area contributed by atoms with Crippen molar-refractivity contribution in [2.45, 2.75) is 18.2 Å². The highest BCUT2D eigenvalue weighted by molar-refractivity contribution is 7.89. The Balaban J connectivity index is 1.65. The van der Waals surface area contributed by atoms with Gasteiger partial charge in [0.1, 0.15) is 0 Å². The van der Waals surface area contributed by atoms with Gasteiger partial charge in [0.15, 0.2) is 0 Å². The maximum Gasteiger partial charge on any atom is 0.243 e. The van der Waals surface area contributed by atoms with E-state index in [-0.39, 0.29) is 10.8 Å². The lowest BCUT2D eigenvalue weighted by molar-refractivity contribution is 0.412. The lowest BCUT2D eigenvalue weighted by Gasteiger charge is -2.22. The second kappa shape index (κ2) is 5.04. The van der Waals surface area contributed by atoms with Crippen LogP contribution in [0.15, 0.2) is 72.1 Å². The second-order valence-corrected chi connectivity index (χ2v) is 9.19. The third kappa shape index (κ3) is 2.10. The molecule has 2 aromatic rings. The predicted octanol–water partition coefficient (Wildman–Crippen LogP) is 3.80. The van der Waals surface area contributed by atoms with Gasteiger partial charge in [0.25, 0.3) is 0 Å². The molecule has 1 heterocycles. The van der Waals surface area contributed by atoms with Gasteiger partial charge in [-0.3, -0.25) is 0 Å². The summed E-state index contributed by atoms with van der Waals surface area (Å²) in [7, 11) is -3.44. The second-order valence-electron chi connectivity index (χ2n) is 7.25. The molecule has 3 nitrogen and oxygen atoms in total. The lowest BCUT2D eigenvalue weighted by Crippen LogP contribution is -2.32. The summed E-state index contributed by atoms with van der Waals surface area (Å²) < 4.78 is 27.5. The zero-order valence-electron chi connectivity index (χ0n) is 13.8. The molecule has 1 aliphatic carbocycles. The molecule has 1 saturated carbocycles. The molecule has 0 bridgehead atoms. The van der Waals surface area contributed by atoms with E-state index in [2.05, 4.69) is 25.6 Å². The van der Waals surface area contributed by atoms with Crippen LogP contribution < -0.4 is 0 Å². The summed E-state index contributed by atoms with van der Waals surface area (Å²) in [6.45, 7) is 7.60. The monoisotopic (exact) mass is 339 g/mol. The topological polar surface area (TPSA) is 37.4 Å². The molecule has 2 aromatic carbocycles. The number of rotatable bonds is 4. The van der Waals surface area contributed by atoms with Gasteiger partial charge in [0, 0.05) is 18.5 Å². The van der Waals surface area contributed by atoms with E-state index in [1.54, 1.807) is 28.6 Å². The smallest absolute Gasteiger partial charge is 0.207 e. The van der Waals surface area contributed by atoms with E-state index in [9.17, 15) is 8.42 Å². The first-order valence-corrected chi connectivity index (χ1v) is 9.63. The van der Waals surface area contributed by atoms with Gasteiger partial charge in [-0.05, 0) is 35.1 Å². The molecular formula is C20H21NO2S. The highest BCUT2D eigenvalue weighted by Gasteiger charge is 2.71. The molecule has 1 saturated heterocycles. The number of hydrogen-bond donors (Lipinski definition) is 0. The van der Waals surface area contributed by atoms with E-state index in [1.807, 2.05) is 24.3 Å². The summed E-state index contributed by atoms with van der Waals surface area (Å²) in [5, 5.41) is 0. The molecule has 0 unspecified atom stereocenters. The fourth-order valence-corrected chi connectivity index (χ4v) is 5.86. The van der Waals surface area contributed by atoms with Gasteiger partial charge in [0.2, 0.25) is 10.0 Å². The molecule has 0 radical (unpaired) electrons. The van der Waals surface area contributed by atoms with Crippen LogP contribution in [-0.4, -0.2) is 25.8 Å². The molecule has 2 fully saturated rings. The van der Waals surface area contributed by atoms with Crippen LogP contribution in [0, 0.1) is 10.8 Å². The van der Waals surface area contributed by atoms with Crippen LogP contribution in [0.25, 0.3) is 5.57 Å². The van der Waals surface area contributed by atoms with Crippen LogP contribution >= 0.6 is 0 Å². The van der Waals surface area contributed by atoms with Crippen LogP contribution in [0.2, 0.25) is 0 Å². The van der Waals surface area contributed by atoms with Gasteiger partial charge in [-0.2, -0.15) is 4.31 Å². The van der Waals surface area contributed by atoms with Crippen LogP contribution in [0.1, 0.15) is 18.9 Å². The Hall–Kier alpha value is -1.91. The number of sulfonamides is 1. The minimum Gasteiger partial charge on any atom is -0.207 e. The highest BCUT2D eigenvalue weighted by Crippen LogP contribution is 2.73. The Morgan fingerprint density at radius 1 is 1.00 bits per heavy atom. The van der Waals surface area contributed by atoms with Crippen LogP contribution in [0.3, 0.4) is 0 Å². The highest BCUT2D eigenvalue weighted by atomic mass is 32.2. The van der Waals surface area contributed by atoms with Crippen LogP contribution in [0.4, 0.5) is 0 Å². The van der Waals surface area contributed by atoms with E-state index >= 15 is 0 Å². The van der Waals surface area contributed by atoms with E-state index in [1.165, 1.54) is 0 Å². The van der Waals surface area contributed by atoms with Crippen molar-refractivity contribution in [3.63, 3.8) is 0 Å². The molecule has 2 atom stereocenters. The van der Waals surface area contributed by atoms with Crippen LogP contribution in [-0.2, 0) is 10.0 Å².